The van der Waals surface area contributed by atoms with Gasteiger partial charge in [0.15, 0.2) is 0 Å². The number of carbonyl (C=O) groups excluding carboxylic acids is 1. The number of nitrogens with zero attached hydrogens (tertiary/aromatic N) is 2. The molecule has 1 fully saturated rings. The first-order valence-electron chi connectivity index (χ1n) is 6.54. The van der Waals surface area contributed by atoms with Gasteiger partial charge in [-0.25, -0.2) is 9.78 Å². The van der Waals surface area contributed by atoms with Gasteiger partial charge in [-0.15, -0.1) is 0 Å². The Hall–Kier alpha value is -1.82. The fraction of sp³-hybridized carbons (Fsp3) is 0.571. The number of pyridine rings is 1. The van der Waals surface area contributed by atoms with Gasteiger partial charge in [-0.05, 0) is 39.3 Å². The molecule has 110 valence electrons. The summed E-state index contributed by atoms with van der Waals surface area (Å²) < 4.78 is 5.25. The monoisotopic (exact) mass is 279 g/mol. The summed E-state index contributed by atoms with van der Waals surface area (Å²) in [5.41, 5.74) is 5.60. The van der Waals surface area contributed by atoms with E-state index in [-0.39, 0.29) is 13.1 Å². The largest absolute Gasteiger partial charge is 0.444 e. The molecule has 1 aromatic heterocycles. The van der Waals surface area contributed by atoms with Gasteiger partial charge < -0.3 is 20.5 Å². The predicted molar refractivity (Wildman–Crippen MR) is 75.1 cm³/mol. The lowest BCUT2D eigenvalue weighted by Gasteiger charge is -2.46. The van der Waals surface area contributed by atoms with Gasteiger partial charge in [0.05, 0.1) is 13.1 Å². The molecule has 0 spiro atoms. The molecule has 2 rings (SSSR count). The minimum absolute atomic E-state index is 0.164. The highest BCUT2D eigenvalue weighted by molar-refractivity contribution is 5.70. The number of aliphatic hydroxyl groups is 1. The Bertz CT molecular complexity index is 531. The number of rotatable bonds is 1. The van der Waals surface area contributed by atoms with Crippen molar-refractivity contribution in [2.75, 3.05) is 18.8 Å². The van der Waals surface area contributed by atoms with Crippen LogP contribution in [0.1, 0.15) is 31.9 Å². The standard InChI is InChI=1S/C14H21N3O3/c1-9-5-10(11(15)16-6-9)14(19)7-17(8-14)12(18)20-13(2,3)4/h5-6,19H,7-8H2,1-4H3,(H2,15,16). The lowest BCUT2D eigenvalue weighted by Crippen LogP contribution is -2.62. The summed E-state index contributed by atoms with van der Waals surface area (Å²) in [4.78, 5) is 17.3. The molecular formula is C14H21N3O3. The van der Waals surface area contributed by atoms with Crippen molar-refractivity contribution in [1.82, 2.24) is 9.88 Å². The average molecular weight is 279 g/mol. The van der Waals surface area contributed by atoms with Crippen LogP contribution in [-0.2, 0) is 10.3 Å². The summed E-state index contributed by atoms with van der Waals surface area (Å²) in [7, 11) is 0. The normalized spacial score (nSPS) is 17.6. The van der Waals surface area contributed by atoms with E-state index in [9.17, 15) is 9.90 Å². The lowest BCUT2D eigenvalue weighted by molar-refractivity contribution is -0.103. The molecule has 0 aliphatic carbocycles. The fourth-order valence-corrected chi connectivity index (χ4v) is 2.16. The summed E-state index contributed by atoms with van der Waals surface area (Å²) in [5, 5.41) is 10.5. The third kappa shape index (κ3) is 2.85. The Morgan fingerprint density at radius 1 is 1.50 bits per heavy atom. The predicted octanol–water partition coefficient (Wildman–Crippen LogP) is 1.41. The van der Waals surface area contributed by atoms with Crippen LogP contribution in [0.3, 0.4) is 0 Å². The van der Waals surface area contributed by atoms with Crippen molar-refractivity contribution >= 4 is 11.9 Å². The molecule has 0 radical (unpaired) electrons. The van der Waals surface area contributed by atoms with E-state index in [1.54, 1.807) is 33.0 Å². The van der Waals surface area contributed by atoms with Crippen molar-refractivity contribution in [2.24, 2.45) is 0 Å². The molecule has 3 N–H and O–H groups in total. The minimum atomic E-state index is -1.14. The van der Waals surface area contributed by atoms with Crippen molar-refractivity contribution in [3.63, 3.8) is 0 Å². The molecule has 1 saturated heterocycles. The Kier molecular flexibility index (Phi) is 3.37. The van der Waals surface area contributed by atoms with Crippen LogP contribution in [0.15, 0.2) is 12.3 Å². The number of nitrogens with two attached hydrogens (primary N) is 1. The van der Waals surface area contributed by atoms with Crippen molar-refractivity contribution < 1.29 is 14.6 Å². The van der Waals surface area contributed by atoms with E-state index in [2.05, 4.69) is 4.98 Å². The molecule has 20 heavy (non-hydrogen) atoms. The zero-order valence-corrected chi connectivity index (χ0v) is 12.3. The quantitative estimate of drug-likeness (QED) is 0.811. The summed E-state index contributed by atoms with van der Waals surface area (Å²) >= 11 is 0. The van der Waals surface area contributed by atoms with E-state index in [4.69, 9.17) is 10.5 Å². The highest BCUT2D eigenvalue weighted by Crippen LogP contribution is 2.35. The number of hydrogen-bond acceptors (Lipinski definition) is 5. The molecule has 0 aromatic carbocycles. The number of ether oxygens (including phenoxy) is 1. The summed E-state index contributed by atoms with van der Waals surface area (Å²) in [6.45, 7) is 7.62. The van der Waals surface area contributed by atoms with Gasteiger partial charge in [-0.2, -0.15) is 0 Å². The van der Waals surface area contributed by atoms with Crippen LogP contribution in [0.2, 0.25) is 0 Å². The molecule has 1 aliphatic rings. The average Bonchev–Trinajstić information content (AvgIpc) is 2.25. The maximum atomic E-state index is 11.9. The van der Waals surface area contributed by atoms with Gasteiger partial charge in [-0.1, -0.05) is 0 Å². The summed E-state index contributed by atoms with van der Waals surface area (Å²) in [6.07, 6.45) is 1.22. The smallest absolute Gasteiger partial charge is 0.410 e. The van der Waals surface area contributed by atoms with Crippen LogP contribution in [0.25, 0.3) is 0 Å². The van der Waals surface area contributed by atoms with Crippen LogP contribution in [0.4, 0.5) is 10.6 Å². The van der Waals surface area contributed by atoms with Gasteiger partial charge in [0.2, 0.25) is 0 Å². The number of aromatic nitrogens is 1. The third-order valence-corrected chi connectivity index (χ3v) is 3.11. The van der Waals surface area contributed by atoms with Gasteiger partial charge in [-0.3, -0.25) is 0 Å². The number of β-amino-alcohol motifs (C(OH)–C–C–N with tert-alkyl or cyclic N) is 1. The second-order valence-corrected chi connectivity index (χ2v) is 6.31. The Labute approximate surface area is 118 Å². The number of aryl methyl sites for hydroxylation is 1. The Morgan fingerprint density at radius 3 is 2.65 bits per heavy atom. The SMILES string of the molecule is Cc1cnc(N)c(C2(O)CN(C(=O)OC(C)(C)C)C2)c1. The number of amides is 1. The Balaban J connectivity index is 2.07. The van der Waals surface area contributed by atoms with Gasteiger partial charge in [0.1, 0.15) is 17.0 Å². The molecule has 1 amide bonds. The van der Waals surface area contributed by atoms with Gasteiger partial charge in [0, 0.05) is 11.8 Å². The lowest BCUT2D eigenvalue weighted by atomic mass is 9.86. The molecule has 0 unspecified atom stereocenters. The van der Waals surface area contributed by atoms with E-state index >= 15 is 0 Å². The van der Waals surface area contributed by atoms with Crippen molar-refractivity contribution in [2.45, 2.75) is 38.9 Å². The number of carbonyl (C=O) groups is 1. The number of likely N-dealkylation sites (tertiary alicyclic amines) is 1. The number of anilines is 1. The molecule has 0 atom stereocenters. The van der Waals surface area contributed by atoms with Gasteiger partial charge >= 0.3 is 6.09 Å². The van der Waals surface area contributed by atoms with Gasteiger partial charge in [0.25, 0.3) is 0 Å². The van der Waals surface area contributed by atoms with Crippen LogP contribution in [-0.4, -0.2) is 39.8 Å². The van der Waals surface area contributed by atoms with Crippen LogP contribution in [0, 0.1) is 6.92 Å². The topological polar surface area (TPSA) is 88.7 Å². The summed E-state index contributed by atoms with van der Waals surface area (Å²) in [6, 6.07) is 1.80. The molecule has 6 nitrogen and oxygen atoms in total. The van der Waals surface area contributed by atoms with Crippen molar-refractivity contribution in [1.29, 1.82) is 0 Å². The number of hydrogen-bond donors (Lipinski definition) is 2. The van der Waals surface area contributed by atoms with E-state index in [1.165, 1.54) is 4.90 Å². The second-order valence-electron chi connectivity index (χ2n) is 6.31. The first kappa shape index (κ1) is 14.6. The highest BCUT2D eigenvalue weighted by atomic mass is 16.6. The molecule has 0 saturated carbocycles. The third-order valence-electron chi connectivity index (χ3n) is 3.11. The zero-order valence-electron chi connectivity index (χ0n) is 12.3. The fourth-order valence-electron chi connectivity index (χ4n) is 2.16. The molecule has 1 aliphatic heterocycles. The zero-order chi connectivity index (χ0) is 15.1. The second kappa shape index (κ2) is 4.63. The highest BCUT2D eigenvalue weighted by Gasteiger charge is 2.47. The number of nitrogen functional groups attached to an aromatic ring is 1. The van der Waals surface area contributed by atoms with Crippen LogP contribution >= 0.6 is 0 Å². The van der Waals surface area contributed by atoms with E-state index < -0.39 is 17.3 Å². The maximum Gasteiger partial charge on any atom is 0.410 e. The van der Waals surface area contributed by atoms with Crippen LogP contribution in [0.5, 0.6) is 0 Å². The maximum absolute atomic E-state index is 11.9. The molecule has 2 heterocycles. The molecular weight excluding hydrogens is 258 g/mol. The van der Waals surface area contributed by atoms with E-state index in [0.717, 1.165) is 5.56 Å². The summed E-state index contributed by atoms with van der Waals surface area (Å²) in [5.74, 6) is 0.293. The first-order valence-corrected chi connectivity index (χ1v) is 6.54. The first-order chi connectivity index (χ1) is 9.11. The van der Waals surface area contributed by atoms with Crippen molar-refractivity contribution in [3.8, 4) is 0 Å². The Morgan fingerprint density at radius 2 is 2.10 bits per heavy atom. The van der Waals surface area contributed by atoms with Crippen molar-refractivity contribution in [3.05, 3.63) is 23.4 Å². The molecule has 6 heteroatoms. The molecule has 0 bridgehead atoms. The van der Waals surface area contributed by atoms with E-state index in [0.29, 0.717) is 11.4 Å². The van der Waals surface area contributed by atoms with Crippen LogP contribution < -0.4 is 5.73 Å². The minimum Gasteiger partial charge on any atom is -0.444 e. The van der Waals surface area contributed by atoms with E-state index in [1.807, 2.05) is 6.92 Å². The molecule has 1 aromatic rings.